The van der Waals surface area contributed by atoms with E-state index in [-0.39, 0.29) is 0 Å². The monoisotopic (exact) mass is 372 g/mol. The Morgan fingerprint density at radius 1 is 1.17 bits per heavy atom. The summed E-state index contributed by atoms with van der Waals surface area (Å²) in [6, 6.07) is 7.99. The van der Waals surface area contributed by atoms with E-state index in [9.17, 15) is 13.6 Å². The van der Waals surface area contributed by atoms with Crippen molar-refractivity contribution in [2.24, 2.45) is 0 Å². The van der Waals surface area contributed by atoms with Crippen molar-refractivity contribution in [1.82, 2.24) is 4.90 Å². The fourth-order valence-electron chi connectivity index (χ4n) is 2.12. The highest BCUT2D eigenvalue weighted by molar-refractivity contribution is 6.42. The Labute approximate surface area is 149 Å². The molecule has 0 aliphatic carbocycles. The van der Waals surface area contributed by atoms with E-state index in [1.807, 2.05) is 0 Å². The molecule has 0 aliphatic heterocycles. The topological polar surface area (TPSA) is 32.3 Å². The molecule has 7 heteroatoms. The van der Waals surface area contributed by atoms with E-state index in [2.05, 4.69) is 5.32 Å². The van der Waals surface area contributed by atoms with Gasteiger partial charge < -0.3 is 5.32 Å². The third kappa shape index (κ3) is 4.23. The standard InChI is InChI=1S/C17H16Cl2F2N2O/c1-10(17(24)22-16-13(20)7-4-8-14(16)21)23(2)9-11-5-3-6-12(18)15(11)19/h3-8,10H,9H2,1-2H3,(H,22,24). The lowest BCUT2D eigenvalue weighted by Gasteiger charge is -2.24. The van der Waals surface area contributed by atoms with Gasteiger partial charge in [0.05, 0.1) is 16.1 Å². The highest BCUT2D eigenvalue weighted by atomic mass is 35.5. The molecule has 0 spiro atoms. The molecule has 128 valence electrons. The van der Waals surface area contributed by atoms with Gasteiger partial charge in [-0.05, 0) is 37.7 Å². The van der Waals surface area contributed by atoms with Gasteiger partial charge in [-0.2, -0.15) is 0 Å². The Bertz CT molecular complexity index is 735. The Morgan fingerprint density at radius 3 is 2.38 bits per heavy atom. The first kappa shape index (κ1) is 18.6. The van der Waals surface area contributed by atoms with Crippen LogP contribution in [0, 0.1) is 11.6 Å². The first-order chi connectivity index (χ1) is 11.3. The van der Waals surface area contributed by atoms with Crippen LogP contribution in [0.5, 0.6) is 0 Å². The highest BCUT2D eigenvalue weighted by Gasteiger charge is 2.21. The maximum atomic E-state index is 13.6. The molecule has 0 saturated carbocycles. The summed E-state index contributed by atoms with van der Waals surface area (Å²) in [6.07, 6.45) is 0. The van der Waals surface area contributed by atoms with Crippen molar-refractivity contribution in [3.05, 3.63) is 63.6 Å². The summed E-state index contributed by atoms with van der Waals surface area (Å²) in [5.74, 6) is -2.17. The predicted molar refractivity (Wildman–Crippen MR) is 92.4 cm³/mol. The van der Waals surface area contributed by atoms with Crippen LogP contribution in [0.4, 0.5) is 14.5 Å². The number of carbonyl (C=O) groups is 1. The van der Waals surface area contributed by atoms with Gasteiger partial charge in [-0.3, -0.25) is 9.69 Å². The van der Waals surface area contributed by atoms with Crippen LogP contribution in [-0.4, -0.2) is 23.9 Å². The lowest BCUT2D eigenvalue weighted by molar-refractivity contribution is -0.120. The quantitative estimate of drug-likeness (QED) is 0.822. The summed E-state index contributed by atoms with van der Waals surface area (Å²) in [6.45, 7) is 1.99. The van der Waals surface area contributed by atoms with Crippen LogP contribution in [0.25, 0.3) is 0 Å². The first-order valence-electron chi connectivity index (χ1n) is 7.19. The van der Waals surface area contributed by atoms with Crippen LogP contribution in [0.2, 0.25) is 10.0 Å². The van der Waals surface area contributed by atoms with E-state index in [1.54, 1.807) is 37.1 Å². The lowest BCUT2D eigenvalue weighted by Crippen LogP contribution is -2.39. The van der Waals surface area contributed by atoms with Gasteiger partial charge in [0.2, 0.25) is 5.91 Å². The summed E-state index contributed by atoms with van der Waals surface area (Å²) in [5.41, 5.74) is 0.298. The summed E-state index contributed by atoms with van der Waals surface area (Å²) in [7, 11) is 1.71. The van der Waals surface area contributed by atoms with Crippen LogP contribution in [0.3, 0.4) is 0 Å². The number of likely N-dealkylation sites (N-methyl/N-ethyl adjacent to an activating group) is 1. The second-order valence-electron chi connectivity index (χ2n) is 5.39. The number of hydrogen-bond acceptors (Lipinski definition) is 2. The summed E-state index contributed by atoms with van der Waals surface area (Å²) >= 11 is 12.1. The fourth-order valence-corrected chi connectivity index (χ4v) is 2.50. The van der Waals surface area contributed by atoms with E-state index in [4.69, 9.17) is 23.2 Å². The second kappa shape index (κ2) is 7.92. The zero-order valence-electron chi connectivity index (χ0n) is 13.1. The van der Waals surface area contributed by atoms with Crippen molar-refractivity contribution >= 4 is 34.8 Å². The Hall–Kier alpha value is -1.69. The Kier molecular flexibility index (Phi) is 6.15. The van der Waals surface area contributed by atoms with Gasteiger partial charge in [0.1, 0.15) is 17.3 Å². The number of carbonyl (C=O) groups excluding carboxylic acids is 1. The van der Waals surface area contributed by atoms with Gasteiger partial charge in [0.15, 0.2) is 0 Å². The molecule has 0 aliphatic rings. The normalized spacial score (nSPS) is 12.3. The molecule has 2 rings (SSSR count). The SMILES string of the molecule is CC(C(=O)Nc1c(F)cccc1F)N(C)Cc1cccc(Cl)c1Cl. The number of nitrogens with one attached hydrogen (secondary N) is 1. The molecule has 1 amide bonds. The maximum absolute atomic E-state index is 13.6. The zero-order valence-corrected chi connectivity index (χ0v) is 14.6. The minimum atomic E-state index is -0.823. The van der Waals surface area contributed by atoms with E-state index >= 15 is 0 Å². The molecular formula is C17H16Cl2F2N2O. The van der Waals surface area contributed by atoms with E-state index in [0.717, 1.165) is 17.7 Å². The van der Waals surface area contributed by atoms with Crippen molar-refractivity contribution in [2.45, 2.75) is 19.5 Å². The van der Waals surface area contributed by atoms with Gasteiger partial charge in [-0.25, -0.2) is 8.78 Å². The van der Waals surface area contributed by atoms with E-state index in [0.29, 0.717) is 16.6 Å². The highest BCUT2D eigenvalue weighted by Crippen LogP contribution is 2.27. The number of benzene rings is 2. The average molecular weight is 373 g/mol. The van der Waals surface area contributed by atoms with Gasteiger partial charge in [-0.1, -0.05) is 41.4 Å². The summed E-state index contributed by atoms with van der Waals surface area (Å²) in [4.78, 5) is 14.0. The van der Waals surface area contributed by atoms with Gasteiger partial charge >= 0.3 is 0 Å². The average Bonchev–Trinajstić information content (AvgIpc) is 2.54. The molecule has 0 aromatic heterocycles. The van der Waals surface area contributed by atoms with Crippen molar-refractivity contribution in [3.8, 4) is 0 Å². The Balaban J connectivity index is 2.08. The second-order valence-corrected chi connectivity index (χ2v) is 6.18. The molecule has 0 bridgehead atoms. The van der Waals surface area contributed by atoms with Crippen LogP contribution < -0.4 is 5.32 Å². The largest absolute Gasteiger partial charge is 0.320 e. The maximum Gasteiger partial charge on any atom is 0.241 e. The molecule has 24 heavy (non-hydrogen) atoms. The van der Waals surface area contributed by atoms with Crippen LogP contribution in [-0.2, 0) is 11.3 Å². The third-order valence-corrected chi connectivity index (χ3v) is 4.56. The molecule has 1 atom stereocenters. The van der Waals surface area contributed by atoms with Crippen molar-refractivity contribution in [3.63, 3.8) is 0 Å². The molecule has 1 N–H and O–H groups in total. The van der Waals surface area contributed by atoms with Crippen LogP contribution in [0.15, 0.2) is 36.4 Å². The number of halogens is 4. The zero-order chi connectivity index (χ0) is 17.9. The molecule has 3 nitrogen and oxygen atoms in total. The third-order valence-electron chi connectivity index (χ3n) is 3.70. The smallest absolute Gasteiger partial charge is 0.241 e. The lowest BCUT2D eigenvalue weighted by atomic mass is 10.1. The molecule has 0 heterocycles. The van der Waals surface area contributed by atoms with E-state index in [1.165, 1.54) is 6.07 Å². The summed E-state index contributed by atoms with van der Waals surface area (Å²) < 4.78 is 27.2. The number of rotatable bonds is 5. The number of anilines is 1. The molecule has 0 fully saturated rings. The summed E-state index contributed by atoms with van der Waals surface area (Å²) in [5, 5.41) is 3.12. The van der Waals surface area contributed by atoms with Gasteiger partial charge in [-0.15, -0.1) is 0 Å². The van der Waals surface area contributed by atoms with Crippen molar-refractivity contribution in [1.29, 1.82) is 0 Å². The Morgan fingerprint density at radius 2 is 1.75 bits per heavy atom. The molecular weight excluding hydrogens is 357 g/mol. The molecule has 2 aromatic rings. The predicted octanol–water partition coefficient (Wildman–Crippen LogP) is 4.73. The first-order valence-corrected chi connectivity index (χ1v) is 7.95. The minimum Gasteiger partial charge on any atom is -0.320 e. The molecule has 1 unspecified atom stereocenters. The number of hydrogen-bond donors (Lipinski definition) is 1. The van der Waals surface area contributed by atoms with Crippen molar-refractivity contribution in [2.75, 3.05) is 12.4 Å². The van der Waals surface area contributed by atoms with E-state index < -0.39 is 29.3 Å². The molecule has 2 aromatic carbocycles. The van der Waals surface area contributed by atoms with Crippen LogP contribution in [0.1, 0.15) is 12.5 Å². The van der Waals surface area contributed by atoms with Gasteiger partial charge in [0.25, 0.3) is 0 Å². The fraction of sp³-hybridized carbons (Fsp3) is 0.235. The number of nitrogens with zero attached hydrogens (tertiary/aromatic N) is 1. The van der Waals surface area contributed by atoms with Crippen LogP contribution >= 0.6 is 23.2 Å². The molecule has 0 saturated heterocycles. The molecule has 0 radical (unpaired) electrons. The van der Waals surface area contributed by atoms with Crippen molar-refractivity contribution < 1.29 is 13.6 Å². The number of amides is 1. The van der Waals surface area contributed by atoms with Gasteiger partial charge in [0, 0.05) is 6.54 Å². The minimum absolute atomic E-state index is 0.355. The number of para-hydroxylation sites is 1.